The van der Waals surface area contributed by atoms with E-state index in [1.54, 1.807) is 0 Å². The third kappa shape index (κ3) is 3.12. The van der Waals surface area contributed by atoms with Crippen LogP contribution in [-0.2, 0) is 16.4 Å². The molecule has 0 amide bonds. The van der Waals surface area contributed by atoms with Gasteiger partial charge in [-0.2, -0.15) is 0 Å². The second-order valence-electron chi connectivity index (χ2n) is 5.23. The molecule has 1 aromatic rings. The molecule has 100 valence electrons. The summed E-state index contributed by atoms with van der Waals surface area (Å²) < 4.78 is 22.9. The molecule has 18 heavy (non-hydrogen) atoms. The van der Waals surface area contributed by atoms with Crippen LogP contribution >= 0.6 is 0 Å². The van der Waals surface area contributed by atoms with E-state index in [0.717, 1.165) is 18.4 Å². The molecule has 3 nitrogen and oxygen atoms in total. The monoisotopic (exact) mass is 267 g/mol. The summed E-state index contributed by atoms with van der Waals surface area (Å²) >= 11 is 0. The zero-order valence-corrected chi connectivity index (χ0v) is 11.6. The maximum atomic E-state index is 11.4. The van der Waals surface area contributed by atoms with Crippen LogP contribution in [-0.4, -0.2) is 19.9 Å². The molecule has 1 aliphatic heterocycles. The number of rotatable bonds is 3. The molecule has 1 heterocycles. The number of nitrogens with two attached hydrogens (primary N) is 1. The van der Waals surface area contributed by atoms with Gasteiger partial charge in [0.2, 0.25) is 0 Å². The first-order chi connectivity index (χ1) is 8.52. The van der Waals surface area contributed by atoms with Gasteiger partial charge in [-0.3, -0.25) is 0 Å². The average molecular weight is 267 g/mol. The van der Waals surface area contributed by atoms with Crippen molar-refractivity contribution in [2.24, 2.45) is 11.7 Å². The Labute approximate surface area is 109 Å². The first kappa shape index (κ1) is 13.6. The summed E-state index contributed by atoms with van der Waals surface area (Å²) in [4.78, 5) is 0. The van der Waals surface area contributed by atoms with Crippen LogP contribution in [0.25, 0.3) is 0 Å². The molecule has 1 fully saturated rings. The van der Waals surface area contributed by atoms with E-state index in [1.165, 1.54) is 5.56 Å². The summed E-state index contributed by atoms with van der Waals surface area (Å²) in [6, 6.07) is 8.33. The minimum Gasteiger partial charge on any atom is -0.326 e. The molecule has 0 saturated carbocycles. The third-order valence-electron chi connectivity index (χ3n) is 4.02. The maximum absolute atomic E-state index is 11.4. The summed E-state index contributed by atoms with van der Waals surface area (Å²) in [7, 11) is -2.76. The van der Waals surface area contributed by atoms with E-state index in [2.05, 4.69) is 19.1 Å². The zero-order chi connectivity index (χ0) is 13.2. The summed E-state index contributed by atoms with van der Waals surface area (Å²) in [5.41, 5.74) is 8.07. The molecule has 0 aromatic heterocycles. The normalized spacial score (nSPS) is 21.7. The van der Waals surface area contributed by atoms with E-state index in [-0.39, 0.29) is 0 Å². The highest BCUT2D eigenvalue weighted by Crippen LogP contribution is 2.33. The highest BCUT2D eigenvalue weighted by atomic mass is 32.2. The Kier molecular flexibility index (Phi) is 4.07. The van der Waals surface area contributed by atoms with Crippen LogP contribution in [0.5, 0.6) is 0 Å². The smallest absolute Gasteiger partial charge is 0.150 e. The molecule has 1 aliphatic rings. The fraction of sp³-hybridized carbons (Fsp3) is 0.571. The van der Waals surface area contributed by atoms with Crippen molar-refractivity contribution in [2.75, 3.05) is 11.5 Å². The van der Waals surface area contributed by atoms with Crippen molar-refractivity contribution < 1.29 is 8.42 Å². The Morgan fingerprint density at radius 3 is 2.61 bits per heavy atom. The Hall–Kier alpha value is -0.870. The summed E-state index contributed by atoms with van der Waals surface area (Å²) in [5.74, 6) is 1.57. The van der Waals surface area contributed by atoms with Gasteiger partial charge in [-0.25, -0.2) is 8.42 Å². The lowest BCUT2D eigenvalue weighted by Crippen LogP contribution is -2.26. The Bertz CT molecular complexity index is 496. The lowest BCUT2D eigenvalue weighted by molar-refractivity contribution is 0.403. The molecule has 2 rings (SSSR count). The first-order valence-corrected chi connectivity index (χ1v) is 8.33. The van der Waals surface area contributed by atoms with Gasteiger partial charge in [0.25, 0.3) is 0 Å². The maximum Gasteiger partial charge on any atom is 0.150 e. The standard InChI is InChI=1S/C14H21NO2S/c1-11(13-5-7-18(16,17)8-6-13)14-4-2-3-12(9-14)10-15/h2-4,9,11,13H,5-8,10,15H2,1H3. The molecule has 0 radical (unpaired) electrons. The summed E-state index contributed by atoms with van der Waals surface area (Å²) in [6.07, 6.45) is 1.58. The van der Waals surface area contributed by atoms with Crippen molar-refractivity contribution in [1.82, 2.24) is 0 Å². The quantitative estimate of drug-likeness (QED) is 0.912. The summed E-state index contributed by atoms with van der Waals surface area (Å²) in [6.45, 7) is 2.75. The topological polar surface area (TPSA) is 60.2 Å². The molecule has 1 atom stereocenters. The van der Waals surface area contributed by atoms with E-state index in [1.807, 2.05) is 12.1 Å². The van der Waals surface area contributed by atoms with Crippen molar-refractivity contribution in [3.8, 4) is 0 Å². The molecule has 1 unspecified atom stereocenters. The molecule has 2 N–H and O–H groups in total. The predicted molar refractivity (Wildman–Crippen MR) is 74.1 cm³/mol. The largest absolute Gasteiger partial charge is 0.326 e. The highest BCUT2D eigenvalue weighted by Gasteiger charge is 2.27. The predicted octanol–water partition coefficient (Wildman–Crippen LogP) is 2.07. The molecule has 4 heteroatoms. The van der Waals surface area contributed by atoms with E-state index < -0.39 is 9.84 Å². The second-order valence-corrected chi connectivity index (χ2v) is 7.53. The van der Waals surface area contributed by atoms with Crippen LogP contribution < -0.4 is 5.73 Å². The second kappa shape index (κ2) is 5.41. The number of hydrogen-bond acceptors (Lipinski definition) is 3. The Morgan fingerprint density at radius 1 is 1.33 bits per heavy atom. The van der Waals surface area contributed by atoms with Gasteiger partial charge in [0.1, 0.15) is 9.84 Å². The van der Waals surface area contributed by atoms with Crippen LogP contribution in [0.3, 0.4) is 0 Å². The van der Waals surface area contributed by atoms with Gasteiger partial charge < -0.3 is 5.73 Å². The van der Waals surface area contributed by atoms with Gasteiger partial charge in [-0.1, -0.05) is 31.2 Å². The fourth-order valence-corrected chi connectivity index (χ4v) is 4.21. The average Bonchev–Trinajstić information content (AvgIpc) is 2.38. The Morgan fingerprint density at radius 2 is 2.00 bits per heavy atom. The molecule has 1 saturated heterocycles. The van der Waals surface area contributed by atoms with Crippen LogP contribution in [0.2, 0.25) is 0 Å². The van der Waals surface area contributed by atoms with E-state index in [4.69, 9.17) is 5.73 Å². The zero-order valence-electron chi connectivity index (χ0n) is 10.8. The number of hydrogen-bond donors (Lipinski definition) is 1. The fourth-order valence-electron chi connectivity index (χ4n) is 2.68. The van der Waals surface area contributed by atoms with Gasteiger partial charge >= 0.3 is 0 Å². The minimum atomic E-state index is -2.76. The number of sulfone groups is 1. The van der Waals surface area contributed by atoms with Gasteiger partial charge in [0.15, 0.2) is 0 Å². The SMILES string of the molecule is CC(c1cccc(CN)c1)C1CCS(=O)(=O)CC1. The van der Waals surface area contributed by atoms with Crippen LogP contribution in [0.1, 0.15) is 36.8 Å². The van der Waals surface area contributed by atoms with Gasteiger partial charge in [0, 0.05) is 6.54 Å². The van der Waals surface area contributed by atoms with Crippen molar-refractivity contribution in [2.45, 2.75) is 32.2 Å². The molecule has 1 aromatic carbocycles. The van der Waals surface area contributed by atoms with Crippen molar-refractivity contribution >= 4 is 9.84 Å². The summed E-state index contributed by atoms with van der Waals surface area (Å²) in [5, 5.41) is 0. The van der Waals surface area contributed by atoms with E-state index in [0.29, 0.717) is 29.9 Å². The molecule has 0 aliphatic carbocycles. The van der Waals surface area contributed by atoms with Crippen LogP contribution in [0.15, 0.2) is 24.3 Å². The van der Waals surface area contributed by atoms with Gasteiger partial charge in [0.05, 0.1) is 11.5 Å². The molecular weight excluding hydrogens is 246 g/mol. The van der Waals surface area contributed by atoms with E-state index in [9.17, 15) is 8.42 Å². The van der Waals surface area contributed by atoms with Gasteiger partial charge in [-0.05, 0) is 35.8 Å². The van der Waals surface area contributed by atoms with Crippen molar-refractivity contribution in [3.63, 3.8) is 0 Å². The van der Waals surface area contributed by atoms with Crippen molar-refractivity contribution in [3.05, 3.63) is 35.4 Å². The number of benzene rings is 1. The van der Waals surface area contributed by atoms with Crippen molar-refractivity contribution in [1.29, 1.82) is 0 Å². The third-order valence-corrected chi connectivity index (χ3v) is 5.73. The van der Waals surface area contributed by atoms with Gasteiger partial charge in [-0.15, -0.1) is 0 Å². The van der Waals surface area contributed by atoms with Crippen LogP contribution in [0.4, 0.5) is 0 Å². The van der Waals surface area contributed by atoms with Crippen LogP contribution in [0, 0.1) is 5.92 Å². The van der Waals surface area contributed by atoms with E-state index >= 15 is 0 Å². The molecule has 0 bridgehead atoms. The highest BCUT2D eigenvalue weighted by molar-refractivity contribution is 7.91. The lowest BCUT2D eigenvalue weighted by Gasteiger charge is -2.28. The minimum absolute atomic E-state index is 0.346. The Balaban J connectivity index is 2.09. The first-order valence-electron chi connectivity index (χ1n) is 6.51. The lowest BCUT2D eigenvalue weighted by atomic mass is 9.83. The molecular formula is C14H21NO2S. The molecule has 0 spiro atoms.